The highest BCUT2D eigenvalue weighted by atomic mass is 79.9. The molecule has 2 heterocycles. The molecule has 2 rings (SSSR count). The van der Waals surface area contributed by atoms with Crippen LogP contribution in [-0.2, 0) is 0 Å². The van der Waals surface area contributed by atoms with E-state index in [1.807, 2.05) is 22.9 Å². The average Bonchev–Trinajstić information content (AvgIpc) is 2.95. The molecule has 0 radical (unpaired) electrons. The fourth-order valence-electron chi connectivity index (χ4n) is 1.39. The Balaban J connectivity index is 1.93. The third-order valence-electron chi connectivity index (χ3n) is 2.25. The van der Waals surface area contributed by atoms with Gasteiger partial charge in [-0.15, -0.1) is 22.7 Å². The molecule has 0 saturated heterocycles. The Bertz CT molecular complexity index is 528. The molecule has 2 nitrogen and oxygen atoms in total. The van der Waals surface area contributed by atoms with Crippen LogP contribution in [0.2, 0.25) is 0 Å². The van der Waals surface area contributed by atoms with Gasteiger partial charge in [0.1, 0.15) is 0 Å². The van der Waals surface area contributed by atoms with Crippen LogP contribution in [-0.4, -0.2) is 11.6 Å². The van der Waals surface area contributed by atoms with E-state index in [9.17, 15) is 9.59 Å². The first-order valence-corrected chi connectivity index (χ1v) is 7.56. The van der Waals surface area contributed by atoms with Gasteiger partial charge in [-0.3, -0.25) is 9.59 Å². The van der Waals surface area contributed by atoms with E-state index >= 15 is 0 Å². The Morgan fingerprint density at radius 2 is 1.82 bits per heavy atom. The van der Waals surface area contributed by atoms with E-state index in [4.69, 9.17) is 0 Å². The maximum absolute atomic E-state index is 11.8. The van der Waals surface area contributed by atoms with Gasteiger partial charge < -0.3 is 0 Å². The van der Waals surface area contributed by atoms with Crippen molar-refractivity contribution in [1.29, 1.82) is 0 Å². The lowest BCUT2D eigenvalue weighted by atomic mass is 10.1. The molecule has 2 aromatic heterocycles. The number of hydrogen-bond donors (Lipinski definition) is 0. The predicted molar refractivity (Wildman–Crippen MR) is 74.2 cm³/mol. The quantitative estimate of drug-likeness (QED) is 0.761. The molecule has 2 aromatic rings. The number of carbonyl (C=O) groups is 2. The second kappa shape index (κ2) is 5.71. The molecule has 0 amide bonds. The molecule has 0 saturated carbocycles. The van der Waals surface area contributed by atoms with Crippen molar-refractivity contribution in [2.45, 2.75) is 12.8 Å². The summed E-state index contributed by atoms with van der Waals surface area (Å²) in [5.74, 6) is 0.0674. The summed E-state index contributed by atoms with van der Waals surface area (Å²) in [5, 5.41) is 3.73. The molecule has 0 spiro atoms. The zero-order valence-electron chi connectivity index (χ0n) is 8.81. The summed E-state index contributed by atoms with van der Waals surface area (Å²) in [7, 11) is 0. The molecule has 0 aliphatic rings. The summed E-state index contributed by atoms with van der Waals surface area (Å²) in [6, 6.07) is 5.48. The molecule has 5 heteroatoms. The number of Topliss-reactive ketones (excluding diaryl/α,β-unsaturated/α-hetero) is 2. The van der Waals surface area contributed by atoms with Gasteiger partial charge in [-0.1, -0.05) is 6.07 Å². The minimum Gasteiger partial charge on any atom is -0.293 e. The van der Waals surface area contributed by atoms with Gasteiger partial charge >= 0.3 is 0 Å². The lowest BCUT2D eigenvalue weighted by Crippen LogP contribution is -2.03. The van der Waals surface area contributed by atoms with Crippen LogP contribution in [0.3, 0.4) is 0 Å². The maximum Gasteiger partial charge on any atom is 0.174 e. The molecule has 17 heavy (non-hydrogen) atoms. The Morgan fingerprint density at radius 3 is 2.41 bits per heavy atom. The lowest BCUT2D eigenvalue weighted by molar-refractivity contribution is 0.0921. The smallest absolute Gasteiger partial charge is 0.174 e. The van der Waals surface area contributed by atoms with Gasteiger partial charge in [-0.25, -0.2) is 0 Å². The molecule has 0 atom stereocenters. The summed E-state index contributed by atoms with van der Waals surface area (Å²) < 4.78 is 0.816. The largest absolute Gasteiger partial charge is 0.293 e. The van der Waals surface area contributed by atoms with Crippen molar-refractivity contribution in [3.05, 3.63) is 43.2 Å². The van der Waals surface area contributed by atoms with E-state index in [1.54, 1.807) is 6.07 Å². The average molecular weight is 329 g/mol. The second-order valence-corrected chi connectivity index (χ2v) is 6.14. The molecule has 0 aliphatic heterocycles. The number of rotatable bonds is 5. The second-order valence-electron chi connectivity index (χ2n) is 3.42. The first-order valence-electron chi connectivity index (χ1n) is 5.01. The highest BCUT2D eigenvalue weighted by Gasteiger charge is 2.14. The van der Waals surface area contributed by atoms with Gasteiger partial charge in [0.15, 0.2) is 11.6 Å². The first kappa shape index (κ1) is 12.7. The van der Waals surface area contributed by atoms with E-state index in [0.29, 0.717) is 4.88 Å². The van der Waals surface area contributed by atoms with Gasteiger partial charge in [0, 0.05) is 17.3 Å². The zero-order valence-corrected chi connectivity index (χ0v) is 12.0. The van der Waals surface area contributed by atoms with E-state index in [-0.39, 0.29) is 24.4 Å². The van der Waals surface area contributed by atoms with Crippen LogP contribution >= 0.6 is 38.6 Å². The SMILES string of the molecule is O=C(CCC(=O)c1sccc1Br)c1cccs1. The molecular formula is C12H9BrO2S2. The van der Waals surface area contributed by atoms with Crippen LogP contribution < -0.4 is 0 Å². The van der Waals surface area contributed by atoms with Crippen LogP contribution in [0.15, 0.2) is 33.4 Å². The monoisotopic (exact) mass is 328 g/mol. The first-order chi connectivity index (χ1) is 8.18. The van der Waals surface area contributed by atoms with Crippen LogP contribution in [0.5, 0.6) is 0 Å². The van der Waals surface area contributed by atoms with E-state index in [1.165, 1.54) is 22.7 Å². The zero-order chi connectivity index (χ0) is 12.3. The summed E-state index contributed by atoms with van der Waals surface area (Å²) in [6.07, 6.45) is 0.555. The number of hydrogen-bond acceptors (Lipinski definition) is 4. The van der Waals surface area contributed by atoms with Crippen LogP contribution in [0.1, 0.15) is 32.2 Å². The van der Waals surface area contributed by atoms with Crippen molar-refractivity contribution in [2.75, 3.05) is 0 Å². The van der Waals surface area contributed by atoms with Crippen molar-refractivity contribution in [1.82, 2.24) is 0 Å². The lowest BCUT2D eigenvalue weighted by Gasteiger charge is -1.98. The Kier molecular flexibility index (Phi) is 4.25. The normalized spacial score (nSPS) is 10.4. The summed E-state index contributed by atoms with van der Waals surface area (Å²) in [4.78, 5) is 25.0. The molecule has 0 fully saturated rings. The molecule has 88 valence electrons. The number of halogens is 1. The van der Waals surface area contributed by atoms with E-state index in [0.717, 1.165) is 9.35 Å². The topological polar surface area (TPSA) is 34.1 Å². The molecule has 0 aliphatic carbocycles. The highest BCUT2D eigenvalue weighted by Crippen LogP contribution is 2.24. The third-order valence-corrected chi connectivity index (χ3v) is 5.04. The van der Waals surface area contributed by atoms with Gasteiger partial charge in [0.25, 0.3) is 0 Å². The van der Waals surface area contributed by atoms with Crippen LogP contribution in [0.4, 0.5) is 0 Å². The van der Waals surface area contributed by atoms with Gasteiger partial charge in [-0.05, 0) is 38.8 Å². The van der Waals surface area contributed by atoms with Crippen molar-refractivity contribution >= 4 is 50.2 Å². The summed E-state index contributed by atoms with van der Waals surface area (Å²) >= 11 is 6.14. The maximum atomic E-state index is 11.8. The van der Waals surface area contributed by atoms with Gasteiger partial charge in [0.2, 0.25) is 0 Å². The Labute approximate surface area is 115 Å². The molecule has 0 unspecified atom stereocenters. The Hall–Kier alpha value is -0.780. The molecular weight excluding hydrogens is 320 g/mol. The van der Waals surface area contributed by atoms with E-state index < -0.39 is 0 Å². The van der Waals surface area contributed by atoms with Crippen molar-refractivity contribution in [2.24, 2.45) is 0 Å². The van der Waals surface area contributed by atoms with Crippen molar-refractivity contribution in [3.8, 4) is 0 Å². The number of ketones is 2. The fourth-order valence-corrected chi connectivity index (χ4v) is 3.65. The van der Waals surface area contributed by atoms with Crippen LogP contribution in [0, 0.1) is 0 Å². The van der Waals surface area contributed by atoms with Crippen LogP contribution in [0.25, 0.3) is 0 Å². The standard InChI is InChI=1S/C12H9BrO2S2/c13-8-5-7-17-12(8)10(15)4-3-9(14)11-2-1-6-16-11/h1-2,5-7H,3-4H2. The molecule has 0 bridgehead atoms. The van der Waals surface area contributed by atoms with E-state index in [2.05, 4.69) is 15.9 Å². The molecule has 0 aromatic carbocycles. The Morgan fingerprint density at radius 1 is 1.06 bits per heavy atom. The minimum absolute atomic E-state index is 0.0248. The van der Waals surface area contributed by atoms with Gasteiger partial charge in [-0.2, -0.15) is 0 Å². The number of thiophene rings is 2. The summed E-state index contributed by atoms with van der Waals surface area (Å²) in [6.45, 7) is 0. The van der Waals surface area contributed by atoms with Crippen molar-refractivity contribution < 1.29 is 9.59 Å². The van der Waals surface area contributed by atoms with Gasteiger partial charge in [0.05, 0.1) is 9.75 Å². The fraction of sp³-hybridized carbons (Fsp3) is 0.167. The van der Waals surface area contributed by atoms with Crippen molar-refractivity contribution in [3.63, 3.8) is 0 Å². The highest BCUT2D eigenvalue weighted by molar-refractivity contribution is 9.10. The number of carbonyl (C=O) groups excluding carboxylic acids is 2. The minimum atomic E-state index is 0.0248. The molecule has 0 N–H and O–H groups in total. The third kappa shape index (κ3) is 3.12. The summed E-state index contributed by atoms with van der Waals surface area (Å²) in [5.41, 5.74) is 0. The predicted octanol–water partition coefficient (Wildman–Crippen LogP) is 4.42.